The molecule has 2 aromatic rings. The summed E-state index contributed by atoms with van der Waals surface area (Å²) in [5, 5.41) is 4.35. The Morgan fingerprint density at radius 1 is 0.800 bits per heavy atom. The van der Waals surface area contributed by atoms with Crippen molar-refractivity contribution in [1.29, 1.82) is 0 Å². The number of rotatable bonds is 5. The van der Waals surface area contributed by atoms with E-state index >= 15 is 0 Å². The van der Waals surface area contributed by atoms with Crippen molar-refractivity contribution < 1.29 is 8.78 Å². The van der Waals surface area contributed by atoms with Crippen LogP contribution in [0.2, 0.25) is 10.0 Å². The highest BCUT2D eigenvalue weighted by Gasteiger charge is 2.01. The fourth-order valence-corrected chi connectivity index (χ4v) is 2.50. The Kier molecular flexibility index (Phi) is 5.35. The van der Waals surface area contributed by atoms with Gasteiger partial charge in [0.15, 0.2) is 0 Å². The highest BCUT2D eigenvalue weighted by molar-refractivity contribution is 6.34. The molecular formula is C15H13Cl2F2N. The molecule has 2 rings (SSSR count). The van der Waals surface area contributed by atoms with Crippen LogP contribution in [-0.2, 0) is 13.0 Å². The largest absolute Gasteiger partial charge is 0.312 e. The Hall–Kier alpha value is -1.16. The van der Waals surface area contributed by atoms with Crippen LogP contribution in [0.1, 0.15) is 11.1 Å². The fraction of sp³-hybridized carbons (Fsp3) is 0.200. The van der Waals surface area contributed by atoms with Gasteiger partial charge >= 0.3 is 0 Å². The van der Waals surface area contributed by atoms with E-state index in [4.69, 9.17) is 23.2 Å². The molecule has 1 nitrogen and oxygen atoms in total. The molecule has 5 heteroatoms. The van der Waals surface area contributed by atoms with E-state index in [-0.39, 0.29) is 0 Å². The van der Waals surface area contributed by atoms with E-state index < -0.39 is 11.6 Å². The van der Waals surface area contributed by atoms with Gasteiger partial charge in [0, 0.05) is 22.7 Å². The number of hydrogen-bond donors (Lipinski definition) is 1. The molecule has 0 aliphatic heterocycles. The van der Waals surface area contributed by atoms with Gasteiger partial charge in [0.25, 0.3) is 0 Å². The van der Waals surface area contributed by atoms with Gasteiger partial charge in [-0.2, -0.15) is 0 Å². The van der Waals surface area contributed by atoms with Crippen molar-refractivity contribution in [2.45, 2.75) is 13.0 Å². The van der Waals surface area contributed by atoms with Crippen LogP contribution >= 0.6 is 23.2 Å². The first-order chi connectivity index (χ1) is 9.52. The van der Waals surface area contributed by atoms with E-state index in [0.29, 0.717) is 35.1 Å². The monoisotopic (exact) mass is 315 g/mol. The minimum Gasteiger partial charge on any atom is -0.312 e. The fourth-order valence-electron chi connectivity index (χ4n) is 1.93. The summed E-state index contributed by atoms with van der Waals surface area (Å²) < 4.78 is 26.0. The van der Waals surface area contributed by atoms with Crippen molar-refractivity contribution >= 4 is 23.2 Å². The molecule has 0 aliphatic rings. The zero-order chi connectivity index (χ0) is 14.5. The Labute approximate surface area is 126 Å². The van der Waals surface area contributed by atoms with Gasteiger partial charge < -0.3 is 5.32 Å². The summed E-state index contributed by atoms with van der Waals surface area (Å²) in [6.07, 6.45) is 0.545. The Bertz CT molecular complexity index is 508. The molecule has 106 valence electrons. The lowest BCUT2D eigenvalue weighted by molar-refractivity contribution is 0.577. The van der Waals surface area contributed by atoms with E-state index in [1.807, 2.05) is 12.1 Å². The molecule has 0 amide bonds. The third kappa shape index (κ3) is 4.75. The minimum atomic E-state index is -0.554. The van der Waals surface area contributed by atoms with Crippen molar-refractivity contribution in [2.75, 3.05) is 6.54 Å². The number of hydrogen-bond acceptors (Lipinski definition) is 1. The molecule has 0 bridgehead atoms. The SMILES string of the molecule is Fc1cc(F)cc(CCNCc2cc(Cl)cc(Cl)c2)c1. The van der Waals surface area contributed by atoms with Crippen molar-refractivity contribution in [2.24, 2.45) is 0 Å². The minimum absolute atomic E-state index is 0.545. The smallest absolute Gasteiger partial charge is 0.126 e. The zero-order valence-corrected chi connectivity index (χ0v) is 12.1. The highest BCUT2D eigenvalue weighted by Crippen LogP contribution is 2.18. The molecule has 0 fully saturated rings. The van der Waals surface area contributed by atoms with Crippen LogP contribution in [0.25, 0.3) is 0 Å². The summed E-state index contributed by atoms with van der Waals surface area (Å²) in [6.45, 7) is 1.20. The first kappa shape index (κ1) is 15.2. The summed E-state index contributed by atoms with van der Waals surface area (Å²) in [5.74, 6) is -1.11. The molecule has 1 N–H and O–H groups in total. The van der Waals surface area contributed by atoms with Crippen LogP contribution in [0.15, 0.2) is 36.4 Å². The molecule has 2 aromatic carbocycles. The average Bonchev–Trinajstić information content (AvgIpc) is 2.32. The maximum Gasteiger partial charge on any atom is 0.126 e. The van der Waals surface area contributed by atoms with Crippen LogP contribution < -0.4 is 5.32 Å². The second-order valence-corrected chi connectivity index (χ2v) is 5.36. The summed E-state index contributed by atoms with van der Waals surface area (Å²) >= 11 is 11.8. The van der Waals surface area contributed by atoms with Gasteiger partial charge in [-0.05, 0) is 54.4 Å². The second kappa shape index (κ2) is 7.02. The van der Waals surface area contributed by atoms with Crippen LogP contribution in [0.5, 0.6) is 0 Å². The van der Waals surface area contributed by atoms with Gasteiger partial charge in [0.1, 0.15) is 11.6 Å². The first-order valence-electron chi connectivity index (χ1n) is 6.13. The van der Waals surface area contributed by atoms with Crippen LogP contribution in [0.4, 0.5) is 8.78 Å². The summed E-state index contributed by atoms with van der Waals surface area (Å²) in [7, 11) is 0. The summed E-state index contributed by atoms with van der Waals surface area (Å²) in [4.78, 5) is 0. The zero-order valence-electron chi connectivity index (χ0n) is 10.6. The topological polar surface area (TPSA) is 12.0 Å². The van der Waals surface area contributed by atoms with Gasteiger partial charge in [-0.3, -0.25) is 0 Å². The van der Waals surface area contributed by atoms with Gasteiger partial charge in [0.2, 0.25) is 0 Å². The quantitative estimate of drug-likeness (QED) is 0.795. The standard InChI is InChI=1S/C15H13Cl2F2N/c16-12-3-11(4-13(17)7-12)9-20-2-1-10-5-14(18)8-15(19)6-10/h3-8,20H,1-2,9H2. The molecule has 0 saturated carbocycles. The Balaban J connectivity index is 1.84. The third-order valence-corrected chi connectivity index (χ3v) is 3.20. The van der Waals surface area contributed by atoms with Gasteiger partial charge in [0.05, 0.1) is 0 Å². The molecule has 0 aliphatic carbocycles. The van der Waals surface area contributed by atoms with E-state index in [9.17, 15) is 8.78 Å². The van der Waals surface area contributed by atoms with Gasteiger partial charge in [-0.1, -0.05) is 23.2 Å². The molecule has 0 atom stereocenters. The van der Waals surface area contributed by atoms with Crippen LogP contribution in [0, 0.1) is 11.6 Å². The lowest BCUT2D eigenvalue weighted by Gasteiger charge is -2.07. The van der Waals surface area contributed by atoms with Crippen molar-refractivity contribution in [3.63, 3.8) is 0 Å². The first-order valence-corrected chi connectivity index (χ1v) is 6.89. The molecular weight excluding hydrogens is 303 g/mol. The lowest BCUT2D eigenvalue weighted by atomic mass is 10.1. The van der Waals surface area contributed by atoms with E-state index in [1.165, 1.54) is 12.1 Å². The molecule has 0 radical (unpaired) electrons. The van der Waals surface area contributed by atoms with E-state index in [0.717, 1.165) is 11.6 Å². The molecule has 0 aromatic heterocycles. The third-order valence-electron chi connectivity index (χ3n) is 2.76. The molecule has 0 unspecified atom stereocenters. The Morgan fingerprint density at radius 3 is 2.00 bits per heavy atom. The normalized spacial score (nSPS) is 10.8. The van der Waals surface area contributed by atoms with Crippen molar-refractivity contribution in [1.82, 2.24) is 5.32 Å². The number of halogens is 4. The highest BCUT2D eigenvalue weighted by atomic mass is 35.5. The van der Waals surface area contributed by atoms with Crippen LogP contribution in [-0.4, -0.2) is 6.54 Å². The molecule has 20 heavy (non-hydrogen) atoms. The molecule has 0 heterocycles. The van der Waals surface area contributed by atoms with E-state index in [1.54, 1.807) is 6.07 Å². The van der Waals surface area contributed by atoms with Crippen LogP contribution in [0.3, 0.4) is 0 Å². The van der Waals surface area contributed by atoms with Crippen molar-refractivity contribution in [3.05, 3.63) is 69.2 Å². The predicted octanol–water partition coefficient (Wildman–Crippen LogP) is 4.60. The van der Waals surface area contributed by atoms with Gasteiger partial charge in [-0.25, -0.2) is 8.78 Å². The summed E-state index contributed by atoms with van der Waals surface area (Å²) in [6, 6.07) is 8.85. The average molecular weight is 316 g/mol. The maximum atomic E-state index is 13.0. The maximum absolute atomic E-state index is 13.0. The number of nitrogens with one attached hydrogen (secondary N) is 1. The lowest BCUT2D eigenvalue weighted by Crippen LogP contribution is -2.16. The van der Waals surface area contributed by atoms with Gasteiger partial charge in [-0.15, -0.1) is 0 Å². The van der Waals surface area contributed by atoms with E-state index in [2.05, 4.69) is 5.32 Å². The summed E-state index contributed by atoms with van der Waals surface area (Å²) in [5.41, 5.74) is 1.59. The number of benzene rings is 2. The van der Waals surface area contributed by atoms with Crippen molar-refractivity contribution in [3.8, 4) is 0 Å². The molecule has 0 spiro atoms. The second-order valence-electron chi connectivity index (χ2n) is 4.48. The predicted molar refractivity (Wildman–Crippen MR) is 78.2 cm³/mol. The Morgan fingerprint density at radius 2 is 1.40 bits per heavy atom. The molecule has 0 saturated heterocycles.